The Morgan fingerprint density at radius 2 is 1.84 bits per heavy atom. The molecule has 25 heavy (non-hydrogen) atoms. The second-order valence-electron chi connectivity index (χ2n) is 6.21. The zero-order valence-electron chi connectivity index (χ0n) is 14.8. The molecule has 4 heteroatoms. The first-order valence-electron chi connectivity index (χ1n) is 8.42. The van der Waals surface area contributed by atoms with Crippen molar-refractivity contribution in [1.29, 1.82) is 0 Å². The molecular weight excluding hydrogens is 312 g/mol. The summed E-state index contributed by atoms with van der Waals surface area (Å²) < 4.78 is 5.75. The van der Waals surface area contributed by atoms with E-state index in [4.69, 9.17) is 4.42 Å². The molecule has 1 aromatic heterocycles. The quantitative estimate of drug-likeness (QED) is 0.759. The average molecular weight is 334 g/mol. The van der Waals surface area contributed by atoms with Crippen molar-refractivity contribution in [3.63, 3.8) is 0 Å². The van der Waals surface area contributed by atoms with Crippen LogP contribution in [0.2, 0.25) is 0 Å². The summed E-state index contributed by atoms with van der Waals surface area (Å²) in [5.41, 5.74) is 4.61. The van der Waals surface area contributed by atoms with Crippen molar-refractivity contribution in [1.82, 2.24) is 10.3 Å². The van der Waals surface area contributed by atoms with Gasteiger partial charge in [0.15, 0.2) is 0 Å². The van der Waals surface area contributed by atoms with Crippen molar-refractivity contribution < 1.29 is 9.21 Å². The largest absolute Gasteiger partial charge is 0.441 e. The van der Waals surface area contributed by atoms with E-state index >= 15 is 0 Å². The molecule has 0 aliphatic heterocycles. The van der Waals surface area contributed by atoms with Gasteiger partial charge in [0, 0.05) is 24.1 Å². The Balaban J connectivity index is 1.63. The fourth-order valence-corrected chi connectivity index (χ4v) is 2.73. The maximum atomic E-state index is 12.4. The molecule has 0 unspecified atom stereocenters. The molecule has 128 valence electrons. The average Bonchev–Trinajstić information content (AvgIpc) is 2.98. The van der Waals surface area contributed by atoms with Crippen molar-refractivity contribution in [2.45, 2.75) is 27.2 Å². The SMILES string of the molecule is Cc1ccc(C)c(C(=O)NCCc2nc(-c3ccccc3)oc2C)c1. The van der Waals surface area contributed by atoms with E-state index in [1.54, 1.807) is 0 Å². The van der Waals surface area contributed by atoms with Crippen LogP contribution in [0.25, 0.3) is 11.5 Å². The van der Waals surface area contributed by atoms with Crippen LogP contribution in [0.5, 0.6) is 0 Å². The molecule has 3 rings (SSSR count). The number of hydrogen-bond acceptors (Lipinski definition) is 3. The normalized spacial score (nSPS) is 10.7. The Labute approximate surface area is 147 Å². The Hall–Kier alpha value is -2.88. The van der Waals surface area contributed by atoms with Gasteiger partial charge in [0.2, 0.25) is 5.89 Å². The fraction of sp³-hybridized carbons (Fsp3) is 0.238. The highest BCUT2D eigenvalue weighted by Gasteiger charge is 2.13. The van der Waals surface area contributed by atoms with Crippen molar-refractivity contribution in [3.8, 4) is 11.5 Å². The van der Waals surface area contributed by atoms with Gasteiger partial charge in [-0.25, -0.2) is 4.98 Å². The van der Waals surface area contributed by atoms with Crippen LogP contribution >= 0.6 is 0 Å². The first-order valence-corrected chi connectivity index (χ1v) is 8.42. The number of carbonyl (C=O) groups excluding carboxylic acids is 1. The smallest absolute Gasteiger partial charge is 0.251 e. The minimum absolute atomic E-state index is 0.0503. The molecule has 0 aliphatic rings. The number of benzene rings is 2. The number of aryl methyl sites for hydroxylation is 3. The third-order valence-electron chi connectivity index (χ3n) is 4.20. The minimum atomic E-state index is -0.0503. The molecule has 1 N–H and O–H groups in total. The Morgan fingerprint density at radius 1 is 1.08 bits per heavy atom. The standard InChI is InChI=1S/C21H22N2O2/c1-14-9-10-15(2)18(13-14)20(24)22-12-11-19-16(3)25-21(23-19)17-7-5-4-6-8-17/h4-10,13H,11-12H2,1-3H3,(H,22,24). The summed E-state index contributed by atoms with van der Waals surface area (Å²) in [6.45, 7) is 6.36. The zero-order chi connectivity index (χ0) is 17.8. The molecule has 0 saturated heterocycles. The lowest BCUT2D eigenvalue weighted by Gasteiger charge is -2.08. The highest BCUT2D eigenvalue weighted by molar-refractivity contribution is 5.95. The van der Waals surface area contributed by atoms with Crippen LogP contribution in [0.3, 0.4) is 0 Å². The molecule has 0 radical (unpaired) electrons. The maximum Gasteiger partial charge on any atom is 0.251 e. The number of oxazole rings is 1. The molecule has 4 nitrogen and oxygen atoms in total. The van der Waals surface area contributed by atoms with Crippen LogP contribution in [0, 0.1) is 20.8 Å². The summed E-state index contributed by atoms with van der Waals surface area (Å²) in [7, 11) is 0. The summed E-state index contributed by atoms with van der Waals surface area (Å²) in [4.78, 5) is 16.9. The van der Waals surface area contributed by atoms with Gasteiger partial charge in [-0.1, -0.05) is 35.9 Å². The second-order valence-corrected chi connectivity index (χ2v) is 6.21. The van der Waals surface area contributed by atoms with Gasteiger partial charge in [-0.15, -0.1) is 0 Å². The number of amides is 1. The van der Waals surface area contributed by atoms with Gasteiger partial charge in [-0.2, -0.15) is 0 Å². The van der Waals surface area contributed by atoms with Gasteiger partial charge in [-0.05, 0) is 44.5 Å². The number of aromatic nitrogens is 1. The molecular formula is C21H22N2O2. The molecule has 0 saturated carbocycles. The van der Waals surface area contributed by atoms with Gasteiger partial charge < -0.3 is 9.73 Å². The first kappa shape index (κ1) is 17.0. The Morgan fingerprint density at radius 3 is 2.60 bits per heavy atom. The number of rotatable bonds is 5. The second kappa shape index (κ2) is 7.34. The van der Waals surface area contributed by atoms with Gasteiger partial charge in [-0.3, -0.25) is 4.79 Å². The summed E-state index contributed by atoms with van der Waals surface area (Å²) in [5, 5.41) is 2.97. The number of nitrogens with zero attached hydrogens (tertiary/aromatic N) is 1. The predicted octanol–water partition coefficient (Wildman–Crippen LogP) is 4.24. The van der Waals surface area contributed by atoms with E-state index in [1.165, 1.54) is 0 Å². The van der Waals surface area contributed by atoms with Crippen molar-refractivity contribution in [3.05, 3.63) is 76.7 Å². The van der Waals surface area contributed by atoms with Crippen LogP contribution in [0.15, 0.2) is 52.9 Å². The minimum Gasteiger partial charge on any atom is -0.441 e. The predicted molar refractivity (Wildman–Crippen MR) is 98.6 cm³/mol. The monoisotopic (exact) mass is 334 g/mol. The van der Waals surface area contributed by atoms with Crippen LogP contribution in [0.1, 0.15) is 32.9 Å². The zero-order valence-corrected chi connectivity index (χ0v) is 14.8. The van der Waals surface area contributed by atoms with Gasteiger partial charge in [0.1, 0.15) is 5.76 Å². The van der Waals surface area contributed by atoms with Crippen molar-refractivity contribution in [2.24, 2.45) is 0 Å². The van der Waals surface area contributed by atoms with E-state index < -0.39 is 0 Å². The van der Waals surface area contributed by atoms with E-state index in [-0.39, 0.29) is 5.91 Å². The maximum absolute atomic E-state index is 12.4. The van der Waals surface area contributed by atoms with E-state index in [2.05, 4.69) is 10.3 Å². The lowest BCUT2D eigenvalue weighted by molar-refractivity contribution is 0.0953. The van der Waals surface area contributed by atoms with Crippen molar-refractivity contribution >= 4 is 5.91 Å². The van der Waals surface area contributed by atoms with Gasteiger partial charge in [0.25, 0.3) is 5.91 Å². The highest BCUT2D eigenvalue weighted by atomic mass is 16.4. The third kappa shape index (κ3) is 3.97. The van der Waals surface area contributed by atoms with Crippen LogP contribution in [0.4, 0.5) is 0 Å². The lowest BCUT2D eigenvalue weighted by Crippen LogP contribution is -2.26. The topological polar surface area (TPSA) is 55.1 Å². The molecule has 1 heterocycles. The number of nitrogens with one attached hydrogen (secondary N) is 1. The molecule has 0 bridgehead atoms. The summed E-state index contributed by atoms with van der Waals surface area (Å²) in [5.74, 6) is 1.36. The number of carbonyl (C=O) groups is 1. The Kier molecular flexibility index (Phi) is 4.98. The van der Waals surface area contributed by atoms with E-state index in [0.29, 0.717) is 18.9 Å². The van der Waals surface area contributed by atoms with Crippen LogP contribution in [-0.2, 0) is 6.42 Å². The van der Waals surface area contributed by atoms with Gasteiger partial charge in [0.05, 0.1) is 5.69 Å². The summed E-state index contributed by atoms with van der Waals surface area (Å²) in [6, 6.07) is 15.7. The lowest BCUT2D eigenvalue weighted by atomic mass is 10.1. The number of hydrogen-bond donors (Lipinski definition) is 1. The van der Waals surface area contributed by atoms with E-state index in [9.17, 15) is 4.79 Å². The Bertz CT molecular complexity index is 882. The van der Waals surface area contributed by atoms with Gasteiger partial charge >= 0.3 is 0 Å². The van der Waals surface area contributed by atoms with E-state index in [1.807, 2.05) is 69.3 Å². The highest BCUT2D eigenvalue weighted by Crippen LogP contribution is 2.21. The van der Waals surface area contributed by atoms with E-state index in [0.717, 1.165) is 33.7 Å². The molecule has 3 aromatic rings. The molecule has 1 amide bonds. The molecule has 0 fully saturated rings. The van der Waals surface area contributed by atoms with Crippen LogP contribution < -0.4 is 5.32 Å². The molecule has 0 aliphatic carbocycles. The third-order valence-corrected chi connectivity index (χ3v) is 4.20. The van der Waals surface area contributed by atoms with Crippen LogP contribution in [-0.4, -0.2) is 17.4 Å². The van der Waals surface area contributed by atoms with Crippen molar-refractivity contribution in [2.75, 3.05) is 6.54 Å². The molecule has 0 atom stereocenters. The summed E-state index contributed by atoms with van der Waals surface area (Å²) >= 11 is 0. The first-order chi connectivity index (χ1) is 12.0. The molecule has 2 aromatic carbocycles. The molecule has 0 spiro atoms. The fourth-order valence-electron chi connectivity index (χ4n) is 2.73. The summed E-state index contributed by atoms with van der Waals surface area (Å²) in [6.07, 6.45) is 0.638.